The average Bonchev–Trinajstić information content (AvgIpc) is 2.33. The Hall–Kier alpha value is 6.99. The Morgan fingerprint density at radius 3 is 0.963 bits per heavy atom. The van der Waals surface area contributed by atoms with Crippen LogP contribution in [-0.2, 0) is 0 Å². The first-order valence-electron chi connectivity index (χ1n) is 5.61. The van der Waals surface area contributed by atoms with E-state index >= 15 is 0 Å². The minimum absolute atomic E-state index is 0.491. The van der Waals surface area contributed by atoms with Gasteiger partial charge in [0.2, 0.25) is 0 Å². The fourth-order valence-electron chi connectivity index (χ4n) is 1.29. The molecule has 0 nitrogen and oxygen atoms in total. The molecule has 0 bridgehead atoms. The molecule has 0 radical (unpaired) electrons. The normalized spacial score (nSPS) is 16.7. The van der Waals surface area contributed by atoms with Gasteiger partial charge in [-0.1, -0.05) is 239 Å². The van der Waals surface area contributed by atoms with Gasteiger partial charge >= 0.3 is 6.18 Å². The van der Waals surface area contributed by atoms with E-state index in [2.05, 4.69) is 239 Å². The predicted molar refractivity (Wildman–Crippen MR) is 164 cm³/mol. The summed E-state index contributed by atoms with van der Waals surface area (Å²) in [4.78, 5) is 0. The van der Waals surface area contributed by atoms with Crippen LogP contribution in [0.2, 0.25) is 0 Å². The third-order valence-electron chi connectivity index (χ3n) is 2.86. The van der Waals surface area contributed by atoms with E-state index in [1.807, 2.05) is 0 Å². The van der Waals surface area contributed by atoms with Gasteiger partial charge < -0.3 is 0 Å². The fourth-order valence-corrected chi connectivity index (χ4v) is 14.7. The van der Waals surface area contributed by atoms with Crippen molar-refractivity contribution in [1.82, 2.24) is 0 Å². The van der Waals surface area contributed by atoms with Crippen molar-refractivity contribution in [2.24, 2.45) is 0 Å². The zero-order valence-electron chi connectivity index (χ0n) is 11.5. The predicted octanol–water partition coefficient (Wildman–Crippen LogP) is 12.7. The van der Waals surface area contributed by atoms with Gasteiger partial charge in [-0.15, -0.1) is 0 Å². The van der Waals surface area contributed by atoms with Crippen LogP contribution in [0.3, 0.4) is 0 Å². The quantitative estimate of drug-likeness (QED) is 0.233. The lowest BCUT2D eigenvalue weighted by Crippen LogP contribution is -2.64. The van der Waals surface area contributed by atoms with Gasteiger partial charge in [0, 0.05) is 6.42 Å². The minimum Gasteiger partial charge on any atom is -0.168 e. The second-order valence-corrected chi connectivity index (χ2v) is 33.0. The van der Waals surface area contributed by atoms with Gasteiger partial charge in [0.05, 0.1) is 0 Å². The Morgan fingerprint density at radius 2 is 0.704 bits per heavy atom. The molecular formula is C9H2Br15F3. The maximum atomic E-state index is 13.4. The van der Waals surface area contributed by atoms with Crippen molar-refractivity contribution in [3.05, 3.63) is 0 Å². The molecule has 0 spiro atoms. The highest BCUT2D eigenvalue weighted by Gasteiger charge is 2.74. The van der Waals surface area contributed by atoms with Crippen molar-refractivity contribution >= 4 is 239 Å². The lowest BCUT2D eigenvalue weighted by atomic mass is 10.1. The van der Waals surface area contributed by atoms with Gasteiger partial charge in [-0.3, -0.25) is 0 Å². The second kappa shape index (κ2) is 10.8. The van der Waals surface area contributed by atoms with Crippen molar-refractivity contribution in [3.8, 4) is 0 Å². The summed E-state index contributed by atoms with van der Waals surface area (Å²) in [6.45, 7) is 0. The average molecular weight is 1370 g/mol. The highest BCUT2D eigenvalue weighted by molar-refractivity contribution is 9.42. The summed E-state index contributed by atoms with van der Waals surface area (Å²) in [5.41, 5.74) is 0. The van der Waals surface area contributed by atoms with E-state index < -0.39 is 34.1 Å². The summed E-state index contributed by atoms with van der Waals surface area (Å²) in [7, 11) is 0. The summed E-state index contributed by atoms with van der Waals surface area (Å²) in [6.07, 6.45) is -5.06. The molecule has 27 heavy (non-hydrogen) atoms. The Bertz CT molecular complexity index is 544. The Balaban J connectivity index is 6.32. The van der Waals surface area contributed by atoms with Crippen molar-refractivity contribution < 1.29 is 13.2 Å². The van der Waals surface area contributed by atoms with E-state index in [9.17, 15) is 13.2 Å². The molecule has 0 amide bonds. The molecule has 164 valence electrons. The molecule has 0 fully saturated rings. The molecule has 18 heteroatoms. The maximum Gasteiger partial charge on any atom is 0.413 e. The molecule has 0 aromatic heterocycles. The summed E-state index contributed by atoms with van der Waals surface area (Å²) in [5.74, 6) is 0. The van der Waals surface area contributed by atoms with Gasteiger partial charge in [0.15, 0.2) is 5.38 Å². The number of hydrogen-bond donors (Lipinski definition) is 0. The van der Waals surface area contributed by atoms with Crippen LogP contribution >= 0.6 is 239 Å². The van der Waals surface area contributed by atoms with Crippen LogP contribution in [0.1, 0.15) is 6.42 Å². The summed E-state index contributed by atoms with van der Waals surface area (Å²) in [6, 6.07) is 0. The number of rotatable bonds is 6. The molecule has 0 rings (SSSR count). The number of halogens is 18. The van der Waals surface area contributed by atoms with E-state index in [-0.39, 0.29) is 0 Å². The van der Waals surface area contributed by atoms with Gasteiger partial charge in [-0.25, -0.2) is 0 Å². The molecule has 0 aromatic carbocycles. The summed E-state index contributed by atoms with van der Waals surface area (Å²) < 4.78 is 30.8. The molecule has 0 aliphatic rings. The first-order valence-corrected chi connectivity index (χ1v) is 17.5. The highest BCUT2D eigenvalue weighted by Crippen LogP contribution is 2.75. The minimum atomic E-state index is -4.57. The van der Waals surface area contributed by atoms with Gasteiger partial charge in [-0.2, -0.15) is 13.2 Å². The molecule has 0 unspecified atom stereocenters. The Kier molecular flexibility index (Phi) is 13.6. The fraction of sp³-hybridized carbons (Fsp3) is 1.00. The molecule has 0 aliphatic carbocycles. The first-order chi connectivity index (χ1) is 11.2. The second-order valence-electron chi connectivity index (χ2n) is 4.88. The Morgan fingerprint density at radius 1 is 0.407 bits per heavy atom. The van der Waals surface area contributed by atoms with Crippen LogP contribution in [-0.4, -0.2) is 27.7 Å². The summed E-state index contributed by atoms with van der Waals surface area (Å²) in [5, 5.41) is 0. The zero-order valence-corrected chi connectivity index (χ0v) is 35.3. The molecule has 0 aromatic rings. The lowest BCUT2D eigenvalue weighted by Gasteiger charge is -2.54. The number of alkyl halides is 18. The molecule has 0 saturated heterocycles. The zero-order chi connectivity index (χ0) is 22.7. The van der Waals surface area contributed by atoms with Crippen LogP contribution in [0, 0.1) is 0 Å². The highest BCUT2D eigenvalue weighted by atomic mass is 80.0. The molecule has 0 heterocycles. The van der Waals surface area contributed by atoms with Gasteiger partial charge in [-0.05, 0) is 0 Å². The topological polar surface area (TPSA) is 0 Å². The third kappa shape index (κ3) is 7.06. The smallest absolute Gasteiger partial charge is 0.168 e. The van der Waals surface area contributed by atoms with Crippen LogP contribution in [0.15, 0.2) is 0 Å². The molecule has 0 N–H and O–H groups in total. The van der Waals surface area contributed by atoms with Gasteiger partial charge in [0.1, 0.15) is 16.2 Å². The van der Waals surface area contributed by atoms with Crippen LogP contribution in [0.25, 0.3) is 0 Å². The standard InChI is InChI=1S/C9H2Br15F3/c10-2(11,1-3(12,13)9(25,26)27)4(14,15)5(16,17)6(18,19)7(20,21)8(22,23)24/h1H2. The molecule has 0 saturated carbocycles. The monoisotopic (exact) mass is 1350 g/mol. The van der Waals surface area contributed by atoms with Crippen molar-refractivity contribution in [2.75, 3.05) is 0 Å². The van der Waals surface area contributed by atoms with E-state index in [1.165, 1.54) is 0 Å². The van der Waals surface area contributed by atoms with Crippen molar-refractivity contribution in [2.45, 2.75) is 34.1 Å². The summed E-state index contributed by atoms with van der Waals surface area (Å²) >= 11 is 51.0. The Labute approximate surface area is 280 Å². The van der Waals surface area contributed by atoms with Gasteiger partial charge in [0.25, 0.3) is 0 Å². The largest absolute Gasteiger partial charge is 0.413 e. The SMILES string of the molecule is FC(F)(F)C(Br)(Br)CC(Br)(Br)C(Br)(Br)C(Br)(Br)C(Br)(Br)C(Br)(Br)C(Br)(Br)Br. The molecular weight excluding hydrogens is 1360 g/mol. The van der Waals surface area contributed by atoms with Crippen molar-refractivity contribution in [1.29, 1.82) is 0 Å². The van der Waals surface area contributed by atoms with E-state index in [0.717, 1.165) is 0 Å². The third-order valence-corrected chi connectivity index (χ3v) is 29.2. The van der Waals surface area contributed by atoms with Crippen molar-refractivity contribution in [3.63, 3.8) is 0 Å². The molecule has 0 aliphatic heterocycles. The lowest BCUT2D eigenvalue weighted by molar-refractivity contribution is -0.135. The maximum absolute atomic E-state index is 13.4. The van der Waals surface area contributed by atoms with Crippen LogP contribution in [0.5, 0.6) is 0 Å². The first kappa shape index (κ1) is 34.0. The van der Waals surface area contributed by atoms with Crippen LogP contribution in [0.4, 0.5) is 13.2 Å². The van der Waals surface area contributed by atoms with E-state index in [0.29, 0.717) is 0 Å². The number of hydrogen-bond acceptors (Lipinski definition) is 0. The van der Waals surface area contributed by atoms with Crippen LogP contribution < -0.4 is 0 Å². The van der Waals surface area contributed by atoms with E-state index in [1.54, 1.807) is 0 Å². The van der Waals surface area contributed by atoms with E-state index in [4.69, 9.17) is 0 Å². The molecule has 0 atom stereocenters.